The van der Waals surface area contributed by atoms with Crippen molar-refractivity contribution in [3.63, 3.8) is 0 Å². The predicted molar refractivity (Wildman–Crippen MR) is 143 cm³/mol. The van der Waals surface area contributed by atoms with Gasteiger partial charge in [0.25, 0.3) is 5.91 Å². The summed E-state index contributed by atoms with van der Waals surface area (Å²) < 4.78 is 16.6. The van der Waals surface area contributed by atoms with E-state index in [1.807, 2.05) is 0 Å². The Bertz CT molecular complexity index is 1360. The van der Waals surface area contributed by atoms with Crippen molar-refractivity contribution in [2.45, 2.75) is 25.0 Å². The molecular weight excluding hydrogens is 520 g/mol. The van der Waals surface area contributed by atoms with Gasteiger partial charge in [-0.15, -0.1) is 0 Å². The molecule has 5 N–H and O–H groups in total. The number of methoxy groups -OCH3 is 2. The average molecular weight is 551 g/mol. The zero-order chi connectivity index (χ0) is 28.8. The number of phenolic OH excluding ortho intramolecular Hbond substituents is 3. The lowest BCUT2D eigenvalue weighted by Crippen LogP contribution is -2.49. The zero-order valence-electron chi connectivity index (χ0n) is 22.0. The molecule has 2 atom stereocenters. The minimum Gasteiger partial charge on any atom is -0.508 e. The zero-order valence-corrected chi connectivity index (χ0v) is 22.0. The van der Waals surface area contributed by atoms with Crippen molar-refractivity contribution in [1.82, 2.24) is 10.6 Å². The molecule has 3 aromatic carbocycles. The summed E-state index contributed by atoms with van der Waals surface area (Å²) in [5, 5.41) is 36.0. The van der Waals surface area contributed by atoms with Crippen LogP contribution < -0.4 is 20.1 Å². The van der Waals surface area contributed by atoms with Crippen LogP contribution in [0.4, 0.5) is 0 Å². The maximum Gasteiger partial charge on any atom is 0.338 e. The number of nitrogens with one attached hydrogen (secondary N) is 2. The average Bonchev–Trinajstić information content (AvgIpc) is 3.16. The first-order valence-corrected chi connectivity index (χ1v) is 12.6. The number of hydrogen-bond donors (Lipinski definition) is 5. The maximum atomic E-state index is 13.3. The number of benzene rings is 3. The summed E-state index contributed by atoms with van der Waals surface area (Å²) in [5.74, 6) is -2.76. The van der Waals surface area contributed by atoms with Crippen molar-refractivity contribution >= 4 is 17.7 Å². The number of carbonyl (C=O) groups excluding carboxylic acids is 3. The topological polar surface area (TPSA) is 164 Å². The minimum atomic E-state index is -0.768. The number of ketones is 1. The van der Waals surface area contributed by atoms with Crippen LogP contribution in [0.3, 0.4) is 0 Å². The quantitative estimate of drug-likeness (QED) is 0.208. The van der Waals surface area contributed by atoms with E-state index < -0.39 is 35.4 Å². The second-order valence-corrected chi connectivity index (χ2v) is 9.17. The van der Waals surface area contributed by atoms with Crippen molar-refractivity contribution in [3.05, 3.63) is 76.9 Å². The van der Waals surface area contributed by atoms with Gasteiger partial charge in [0.2, 0.25) is 5.78 Å². The van der Waals surface area contributed by atoms with E-state index >= 15 is 0 Å². The molecular formula is C29H30N2O9. The number of carbonyl (C=O) groups is 3. The fraction of sp³-hybridized carbons (Fsp3) is 0.276. The van der Waals surface area contributed by atoms with Crippen molar-refractivity contribution in [1.29, 1.82) is 0 Å². The third kappa shape index (κ3) is 6.10. The van der Waals surface area contributed by atoms with Crippen molar-refractivity contribution in [3.8, 4) is 28.7 Å². The molecule has 1 aliphatic heterocycles. The molecule has 3 aromatic rings. The van der Waals surface area contributed by atoms with Crippen LogP contribution in [0.15, 0.2) is 54.6 Å². The molecule has 0 radical (unpaired) electrons. The highest BCUT2D eigenvalue weighted by Gasteiger charge is 2.31. The molecule has 11 nitrogen and oxygen atoms in total. The van der Waals surface area contributed by atoms with Gasteiger partial charge in [-0.1, -0.05) is 6.07 Å². The Morgan fingerprint density at radius 3 is 2.10 bits per heavy atom. The van der Waals surface area contributed by atoms with Crippen LogP contribution in [-0.4, -0.2) is 72.4 Å². The molecule has 11 heteroatoms. The van der Waals surface area contributed by atoms with Crippen LogP contribution in [0.5, 0.6) is 28.7 Å². The molecule has 1 heterocycles. The van der Waals surface area contributed by atoms with Crippen LogP contribution in [-0.2, 0) is 4.74 Å². The third-order valence-electron chi connectivity index (χ3n) is 6.58. The summed E-state index contributed by atoms with van der Waals surface area (Å²) >= 11 is 0. The number of rotatable bonds is 8. The van der Waals surface area contributed by atoms with E-state index in [9.17, 15) is 29.7 Å². The van der Waals surface area contributed by atoms with E-state index in [2.05, 4.69) is 10.6 Å². The Hall–Kier alpha value is -4.77. The largest absolute Gasteiger partial charge is 0.508 e. The Kier molecular flexibility index (Phi) is 8.75. The predicted octanol–water partition coefficient (Wildman–Crippen LogP) is 2.76. The van der Waals surface area contributed by atoms with Gasteiger partial charge >= 0.3 is 5.97 Å². The molecule has 1 aliphatic rings. The summed E-state index contributed by atoms with van der Waals surface area (Å²) in [6.07, 6.45) is 0.518. The van der Waals surface area contributed by atoms with Crippen molar-refractivity contribution in [2.24, 2.45) is 0 Å². The first kappa shape index (κ1) is 28.2. The Morgan fingerprint density at radius 1 is 0.875 bits per heavy atom. The summed E-state index contributed by atoms with van der Waals surface area (Å²) in [6.45, 7) is 1.04. The highest BCUT2D eigenvalue weighted by Crippen LogP contribution is 2.37. The molecule has 1 amide bonds. The van der Waals surface area contributed by atoms with Gasteiger partial charge in [0.1, 0.15) is 46.0 Å². The highest BCUT2D eigenvalue weighted by molar-refractivity contribution is 6.16. The molecule has 40 heavy (non-hydrogen) atoms. The van der Waals surface area contributed by atoms with Crippen LogP contribution in [0.2, 0.25) is 0 Å². The third-order valence-corrected chi connectivity index (χ3v) is 6.58. The first-order valence-electron chi connectivity index (χ1n) is 12.6. The summed E-state index contributed by atoms with van der Waals surface area (Å²) in [5.41, 5.74) is -0.0615. The van der Waals surface area contributed by atoms with Gasteiger partial charge in [-0.25, -0.2) is 4.79 Å². The SMILES string of the molecule is COc1cc(C(=O)O[C@@H]2CCCNCC2NC(=O)c2ccc(O)cc2)cc(OC)c1C(=O)c1c(O)cccc1O. The van der Waals surface area contributed by atoms with Gasteiger partial charge in [-0.3, -0.25) is 9.59 Å². The number of aromatic hydroxyl groups is 3. The van der Waals surface area contributed by atoms with E-state index in [1.54, 1.807) is 0 Å². The Morgan fingerprint density at radius 2 is 1.50 bits per heavy atom. The van der Waals surface area contributed by atoms with Gasteiger partial charge < -0.3 is 40.2 Å². The monoisotopic (exact) mass is 550 g/mol. The first-order chi connectivity index (χ1) is 19.2. The number of ether oxygens (including phenoxy) is 3. The van der Waals surface area contributed by atoms with Gasteiger partial charge in [-0.2, -0.15) is 0 Å². The summed E-state index contributed by atoms with van der Waals surface area (Å²) in [6, 6.07) is 11.8. The molecule has 0 saturated carbocycles. The van der Waals surface area contributed by atoms with E-state index in [1.165, 1.54) is 68.8 Å². The summed E-state index contributed by atoms with van der Waals surface area (Å²) in [7, 11) is 2.61. The summed E-state index contributed by atoms with van der Waals surface area (Å²) in [4.78, 5) is 39.4. The molecule has 210 valence electrons. The Balaban J connectivity index is 1.59. The highest BCUT2D eigenvalue weighted by atomic mass is 16.5. The van der Waals surface area contributed by atoms with Gasteiger partial charge in [0.05, 0.1) is 25.8 Å². The molecule has 0 bridgehead atoms. The number of phenols is 3. The maximum absolute atomic E-state index is 13.3. The number of hydrogen-bond acceptors (Lipinski definition) is 10. The number of esters is 1. The van der Waals surface area contributed by atoms with Crippen molar-refractivity contribution in [2.75, 3.05) is 27.3 Å². The minimum absolute atomic E-state index is 0.0290. The molecule has 4 rings (SSSR count). The standard InChI is InChI=1S/C29H30N2O9/c1-38-23-13-17(14-24(39-2)26(23)27(35)25-20(33)5-3-6-21(25)34)29(37)40-22-7-4-12-30-15-19(22)31-28(36)16-8-10-18(32)11-9-16/h3,5-6,8-11,13-14,19,22,30,32-34H,4,7,12,15H2,1-2H3,(H,31,36)/t19?,22-/m1/s1. The molecule has 1 fully saturated rings. The second kappa shape index (κ2) is 12.4. The molecule has 0 spiro atoms. The van der Waals surface area contributed by atoms with E-state index in [-0.39, 0.29) is 39.8 Å². The normalized spacial score (nSPS) is 16.9. The fourth-order valence-corrected chi connectivity index (χ4v) is 4.51. The van der Waals surface area contributed by atoms with Crippen LogP contribution >= 0.6 is 0 Å². The smallest absolute Gasteiger partial charge is 0.338 e. The van der Waals surface area contributed by atoms with E-state index in [0.717, 1.165) is 0 Å². The van der Waals surface area contributed by atoms with Gasteiger partial charge in [0.15, 0.2) is 0 Å². The lowest BCUT2D eigenvalue weighted by atomic mass is 9.98. The molecule has 1 unspecified atom stereocenters. The van der Waals surface area contributed by atoms with Crippen molar-refractivity contribution < 1.29 is 43.9 Å². The van der Waals surface area contributed by atoms with Crippen LogP contribution in [0.1, 0.15) is 49.5 Å². The fourth-order valence-electron chi connectivity index (χ4n) is 4.51. The Labute approximate surface area is 230 Å². The lowest BCUT2D eigenvalue weighted by Gasteiger charge is -2.26. The number of amides is 1. The molecule has 1 saturated heterocycles. The van der Waals surface area contributed by atoms with E-state index in [4.69, 9.17) is 14.2 Å². The van der Waals surface area contributed by atoms with Gasteiger partial charge in [0, 0.05) is 12.1 Å². The van der Waals surface area contributed by atoms with E-state index in [0.29, 0.717) is 31.5 Å². The molecule has 0 aromatic heterocycles. The lowest BCUT2D eigenvalue weighted by molar-refractivity contribution is 0.0191. The van der Waals surface area contributed by atoms with Crippen LogP contribution in [0, 0.1) is 0 Å². The molecule has 0 aliphatic carbocycles. The second-order valence-electron chi connectivity index (χ2n) is 9.17. The van der Waals surface area contributed by atoms with Crippen LogP contribution in [0.25, 0.3) is 0 Å². The van der Waals surface area contributed by atoms with Gasteiger partial charge in [-0.05, 0) is 67.9 Å².